The Kier molecular flexibility index (Phi) is 5.74. The Morgan fingerprint density at radius 1 is 1.31 bits per heavy atom. The number of rotatable bonds is 2. The van der Waals surface area contributed by atoms with E-state index in [9.17, 15) is 9.36 Å². The van der Waals surface area contributed by atoms with Crippen LogP contribution in [0.1, 0.15) is 10.4 Å². The zero-order valence-electron chi connectivity index (χ0n) is 8.91. The summed E-state index contributed by atoms with van der Waals surface area (Å²) in [6.07, 6.45) is 0. The SMILES string of the molecule is CNc1ccccc1C(=O)O.CP(=O)(O)O. The largest absolute Gasteiger partial charge is 0.478 e. The summed E-state index contributed by atoms with van der Waals surface area (Å²) in [4.78, 5) is 25.8. The summed E-state index contributed by atoms with van der Waals surface area (Å²) in [7, 11) is -1.94. The van der Waals surface area contributed by atoms with Gasteiger partial charge in [0.15, 0.2) is 0 Å². The molecular weight excluding hydrogens is 233 g/mol. The summed E-state index contributed by atoms with van der Waals surface area (Å²) in [5.74, 6) is -0.907. The fraction of sp³-hybridized carbons (Fsp3) is 0.222. The number of hydrogen-bond donors (Lipinski definition) is 4. The van der Waals surface area contributed by atoms with E-state index >= 15 is 0 Å². The Bertz CT molecular complexity index is 392. The number of carboxylic acid groups (broad SMARTS) is 1. The molecule has 0 aliphatic rings. The zero-order valence-corrected chi connectivity index (χ0v) is 9.81. The Labute approximate surface area is 93.1 Å². The van der Waals surface area contributed by atoms with Gasteiger partial charge >= 0.3 is 13.6 Å². The molecule has 0 radical (unpaired) electrons. The third-order valence-electron chi connectivity index (χ3n) is 1.43. The molecule has 0 saturated carbocycles. The average molecular weight is 247 g/mol. The summed E-state index contributed by atoms with van der Waals surface area (Å²) in [5.41, 5.74) is 0.940. The van der Waals surface area contributed by atoms with E-state index < -0.39 is 13.6 Å². The van der Waals surface area contributed by atoms with Crippen LogP contribution >= 0.6 is 7.60 Å². The molecule has 1 rings (SSSR count). The maximum atomic E-state index is 10.5. The Balaban J connectivity index is 0.000000385. The van der Waals surface area contributed by atoms with Gasteiger partial charge in [-0.05, 0) is 12.1 Å². The van der Waals surface area contributed by atoms with Gasteiger partial charge in [-0.15, -0.1) is 0 Å². The lowest BCUT2D eigenvalue weighted by Gasteiger charge is -2.02. The molecule has 0 spiro atoms. The zero-order chi connectivity index (χ0) is 12.8. The number of para-hydroxylation sites is 1. The molecule has 90 valence electrons. The predicted octanol–water partition coefficient (Wildman–Crippen LogP) is 1.22. The monoisotopic (exact) mass is 247 g/mol. The van der Waals surface area contributed by atoms with Crippen LogP contribution in [0.4, 0.5) is 5.69 Å². The number of hydrogen-bond acceptors (Lipinski definition) is 3. The number of carboxylic acids is 1. The second kappa shape index (κ2) is 6.27. The van der Waals surface area contributed by atoms with E-state index in [1.807, 2.05) is 0 Å². The molecule has 0 unspecified atom stereocenters. The molecule has 7 heteroatoms. The molecular formula is C9H14NO5P. The van der Waals surface area contributed by atoms with E-state index in [4.69, 9.17) is 14.9 Å². The van der Waals surface area contributed by atoms with Gasteiger partial charge in [-0.2, -0.15) is 0 Å². The third-order valence-corrected chi connectivity index (χ3v) is 1.43. The van der Waals surface area contributed by atoms with Gasteiger partial charge in [0.2, 0.25) is 0 Å². The molecule has 0 aliphatic heterocycles. The van der Waals surface area contributed by atoms with Crippen LogP contribution in [-0.2, 0) is 4.57 Å². The Morgan fingerprint density at radius 3 is 2.06 bits per heavy atom. The van der Waals surface area contributed by atoms with Crippen LogP contribution in [0.25, 0.3) is 0 Å². The first kappa shape index (κ1) is 14.6. The molecule has 4 N–H and O–H groups in total. The number of aromatic carboxylic acids is 1. The van der Waals surface area contributed by atoms with Gasteiger partial charge in [-0.25, -0.2) is 4.79 Å². The first-order chi connectivity index (χ1) is 7.25. The minimum Gasteiger partial charge on any atom is -0.478 e. The number of anilines is 1. The Morgan fingerprint density at radius 2 is 1.75 bits per heavy atom. The van der Waals surface area contributed by atoms with Crippen LogP contribution < -0.4 is 5.32 Å². The minimum atomic E-state index is -3.64. The second-order valence-corrected chi connectivity index (χ2v) is 4.61. The molecule has 0 fully saturated rings. The molecule has 1 aromatic rings. The standard InChI is InChI=1S/C8H9NO2.CH5O3P/c1-9-7-5-3-2-4-6(7)8(10)11;1-5(2,3)4/h2-5,9H,1H3,(H,10,11);1H3,(H2,2,3,4). The molecule has 0 aromatic heterocycles. The highest BCUT2D eigenvalue weighted by molar-refractivity contribution is 7.50. The van der Waals surface area contributed by atoms with Crippen LogP contribution in [0.2, 0.25) is 0 Å². The van der Waals surface area contributed by atoms with E-state index in [1.54, 1.807) is 31.3 Å². The highest BCUT2D eigenvalue weighted by Gasteiger charge is 2.05. The van der Waals surface area contributed by atoms with Crippen molar-refractivity contribution in [2.75, 3.05) is 19.0 Å². The van der Waals surface area contributed by atoms with Crippen molar-refractivity contribution in [1.29, 1.82) is 0 Å². The fourth-order valence-electron chi connectivity index (χ4n) is 0.888. The molecule has 0 aliphatic carbocycles. The Hall–Kier alpha value is -1.36. The lowest BCUT2D eigenvalue weighted by Crippen LogP contribution is -2.01. The minimum absolute atomic E-state index is 0.301. The van der Waals surface area contributed by atoms with E-state index in [0.717, 1.165) is 6.66 Å². The van der Waals surface area contributed by atoms with E-state index in [-0.39, 0.29) is 0 Å². The van der Waals surface area contributed by atoms with E-state index in [0.29, 0.717) is 11.3 Å². The molecule has 6 nitrogen and oxygen atoms in total. The van der Waals surface area contributed by atoms with Gasteiger partial charge in [0.05, 0.1) is 5.56 Å². The van der Waals surface area contributed by atoms with Crippen LogP contribution in [0, 0.1) is 0 Å². The molecule has 1 aromatic carbocycles. The molecule has 0 atom stereocenters. The van der Waals surface area contributed by atoms with E-state index in [2.05, 4.69) is 5.32 Å². The van der Waals surface area contributed by atoms with Gasteiger partial charge in [0.1, 0.15) is 0 Å². The lowest BCUT2D eigenvalue weighted by molar-refractivity contribution is 0.0698. The third kappa shape index (κ3) is 7.00. The smallest absolute Gasteiger partial charge is 0.337 e. The van der Waals surface area contributed by atoms with Crippen molar-refractivity contribution < 1.29 is 24.3 Å². The number of nitrogens with one attached hydrogen (secondary N) is 1. The maximum absolute atomic E-state index is 10.5. The van der Waals surface area contributed by atoms with E-state index in [1.165, 1.54) is 0 Å². The van der Waals surface area contributed by atoms with Gasteiger partial charge in [-0.1, -0.05) is 12.1 Å². The topological polar surface area (TPSA) is 107 Å². The molecule has 16 heavy (non-hydrogen) atoms. The first-order valence-electron chi connectivity index (χ1n) is 4.28. The molecule has 0 heterocycles. The normalized spacial score (nSPS) is 10.0. The number of carbonyl (C=O) groups is 1. The number of benzene rings is 1. The summed E-state index contributed by atoms with van der Waals surface area (Å²) < 4.78 is 9.33. The quantitative estimate of drug-likeness (QED) is 0.585. The fourth-order valence-corrected chi connectivity index (χ4v) is 0.888. The van der Waals surface area contributed by atoms with Gasteiger partial charge in [0.25, 0.3) is 0 Å². The van der Waals surface area contributed by atoms with Crippen LogP contribution in [0.3, 0.4) is 0 Å². The summed E-state index contributed by atoms with van der Waals surface area (Å²) in [5, 5.41) is 11.5. The van der Waals surface area contributed by atoms with Crippen molar-refractivity contribution in [3.63, 3.8) is 0 Å². The van der Waals surface area contributed by atoms with Crippen molar-refractivity contribution in [1.82, 2.24) is 0 Å². The van der Waals surface area contributed by atoms with Crippen molar-refractivity contribution >= 4 is 19.3 Å². The van der Waals surface area contributed by atoms with Crippen LogP contribution in [0.15, 0.2) is 24.3 Å². The first-order valence-corrected chi connectivity index (χ1v) is 6.34. The highest BCUT2D eigenvalue weighted by atomic mass is 31.2. The predicted molar refractivity (Wildman–Crippen MR) is 60.9 cm³/mol. The van der Waals surface area contributed by atoms with Gasteiger partial charge in [-0.3, -0.25) is 4.57 Å². The van der Waals surface area contributed by atoms with Crippen LogP contribution in [0.5, 0.6) is 0 Å². The van der Waals surface area contributed by atoms with Crippen molar-refractivity contribution in [3.8, 4) is 0 Å². The van der Waals surface area contributed by atoms with Crippen LogP contribution in [-0.4, -0.2) is 34.6 Å². The second-order valence-electron chi connectivity index (χ2n) is 2.94. The molecule has 0 saturated heterocycles. The lowest BCUT2D eigenvalue weighted by atomic mass is 10.2. The summed E-state index contributed by atoms with van der Waals surface area (Å²) in [6.45, 7) is 0.854. The highest BCUT2D eigenvalue weighted by Crippen LogP contribution is 2.26. The van der Waals surface area contributed by atoms with Crippen molar-refractivity contribution in [2.45, 2.75) is 0 Å². The average Bonchev–Trinajstić information content (AvgIpc) is 2.15. The maximum Gasteiger partial charge on any atom is 0.337 e. The van der Waals surface area contributed by atoms with Crippen molar-refractivity contribution in [2.24, 2.45) is 0 Å². The summed E-state index contributed by atoms with van der Waals surface area (Å²) in [6, 6.07) is 6.78. The van der Waals surface area contributed by atoms with Gasteiger partial charge in [0, 0.05) is 19.4 Å². The molecule has 0 amide bonds. The van der Waals surface area contributed by atoms with Crippen molar-refractivity contribution in [3.05, 3.63) is 29.8 Å². The molecule has 0 bridgehead atoms. The van der Waals surface area contributed by atoms with Gasteiger partial charge < -0.3 is 20.2 Å². The summed E-state index contributed by atoms with van der Waals surface area (Å²) >= 11 is 0.